The van der Waals surface area contributed by atoms with Crippen molar-refractivity contribution in [2.75, 3.05) is 10.0 Å². The third-order valence-electron chi connectivity index (χ3n) is 2.93. The van der Waals surface area contributed by atoms with Gasteiger partial charge in [-0.05, 0) is 36.4 Å². The van der Waals surface area contributed by atoms with Crippen LogP contribution in [0.3, 0.4) is 0 Å². The minimum absolute atomic E-state index is 0.000251. The summed E-state index contributed by atoms with van der Waals surface area (Å²) in [5.41, 5.74) is 4.00. The molecule has 0 saturated heterocycles. The number of anilines is 2. The number of primary amides is 1. The molecule has 0 aromatic heterocycles. The fourth-order valence-corrected chi connectivity index (χ4v) is 3.47. The van der Waals surface area contributed by atoms with Crippen LogP contribution in [0.5, 0.6) is 0 Å². The summed E-state index contributed by atoms with van der Waals surface area (Å²) in [6.07, 6.45) is -4.72. The van der Waals surface area contributed by atoms with Gasteiger partial charge in [0, 0.05) is 5.69 Å². The number of carbonyl (C=O) groups is 1. The molecule has 0 aliphatic carbocycles. The van der Waals surface area contributed by atoms with E-state index < -0.39 is 32.7 Å². The van der Waals surface area contributed by atoms with Crippen LogP contribution in [0.15, 0.2) is 47.4 Å². The first kappa shape index (κ1) is 18.9. The number of urea groups is 1. The lowest BCUT2D eigenvalue weighted by molar-refractivity contribution is -0.137. The summed E-state index contributed by atoms with van der Waals surface area (Å²) in [7, 11) is -4.40. The Hall–Kier alpha value is -2.46. The number of carbonyl (C=O) groups excluding carboxylic acids is 1. The van der Waals surface area contributed by atoms with Crippen LogP contribution in [0.2, 0.25) is 5.02 Å². The van der Waals surface area contributed by atoms with Crippen LogP contribution in [0.4, 0.5) is 29.3 Å². The summed E-state index contributed by atoms with van der Waals surface area (Å²) < 4.78 is 65.2. The van der Waals surface area contributed by atoms with Gasteiger partial charge in [0.05, 0.1) is 16.3 Å². The Morgan fingerprint density at radius 1 is 1.08 bits per heavy atom. The van der Waals surface area contributed by atoms with Gasteiger partial charge < -0.3 is 11.1 Å². The van der Waals surface area contributed by atoms with Crippen LogP contribution in [0.25, 0.3) is 0 Å². The number of nitrogens with two attached hydrogens (primary N) is 1. The third-order valence-corrected chi connectivity index (χ3v) is 4.79. The van der Waals surface area contributed by atoms with Crippen molar-refractivity contribution in [3.05, 3.63) is 53.1 Å². The molecule has 6 nitrogen and oxygen atoms in total. The van der Waals surface area contributed by atoms with Gasteiger partial charge in [-0.1, -0.05) is 17.7 Å². The lowest BCUT2D eigenvalue weighted by Gasteiger charge is -2.13. The number of hydrogen-bond acceptors (Lipinski definition) is 3. The van der Waals surface area contributed by atoms with Crippen molar-refractivity contribution >= 4 is 39.0 Å². The lowest BCUT2D eigenvalue weighted by Crippen LogP contribution is -2.19. The molecule has 134 valence electrons. The zero-order valence-electron chi connectivity index (χ0n) is 12.3. The van der Waals surface area contributed by atoms with Gasteiger partial charge in [-0.2, -0.15) is 13.2 Å². The average molecular weight is 394 g/mol. The summed E-state index contributed by atoms with van der Waals surface area (Å²) in [4.78, 5) is 10.1. The molecule has 25 heavy (non-hydrogen) atoms. The monoisotopic (exact) mass is 393 g/mol. The Morgan fingerprint density at radius 2 is 1.72 bits per heavy atom. The molecule has 0 spiro atoms. The smallest absolute Gasteiger partial charge is 0.351 e. The van der Waals surface area contributed by atoms with E-state index in [1.54, 1.807) is 0 Å². The number of halogens is 4. The molecule has 11 heteroatoms. The molecular formula is C14H11ClF3N3O3S. The zero-order chi connectivity index (χ0) is 18.8. The quantitative estimate of drug-likeness (QED) is 0.738. The number of nitrogens with one attached hydrogen (secondary N) is 2. The van der Waals surface area contributed by atoms with E-state index in [4.69, 9.17) is 17.3 Å². The summed E-state index contributed by atoms with van der Waals surface area (Å²) in [5.74, 6) is 0. The van der Waals surface area contributed by atoms with E-state index >= 15 is 0 Å². The second-order valence-corrected chi connectivity index (χ2v) is 6.88. The highest BCUT2D eigenvalue weighted by Gasteiger charge is 2.32. The predicted molar refractivity (Wildman–Crippen MR) is 86.9 cm³/mol. The van der Waals surface area contributed by atoms with Crippen molar-refractivity contribution in [2.24, 2.45) is 5.73 Å². The maximum atomic E-state index is 12.8. The topological polar surface area (TPSA) is 101 Å². The van der Waals surface area contributed by atoms with Gasteiger partial charge in [-0.3, -0.25) is 4.72 Å². The highest BCUT2D eigenvalue weighted by molar-refractivity contribution is 7.92. The fraction of sp³-hybridized carbons (Fsp3) is 0.0714. The second-order valence-electron chi connectivity index (χ2n) is 4.82. The van der Waals surface area contributed by atoms with Gasteiger partial charge in [0.1, 0.15) is 4.90 Å². The summed E-state index contributed by atoms with van der Waals surface area (Å²) >= 11 is 5.74. The average Bonchev–Trinajstić information content (AvgIpc) is 2.45. The highest BCUT2D eigenvalue weighted by atomic mass is 35.5. The molecule has 2 rings (SSSR count). The number of alkyl halides is 3. The molecule has 0 bridgehead atoms. The Bertz CT molecular complexity index is 917. The van der Waals surface area contributed by atoms with Gasteiger partial charge in [-0.25, -0.2) is 13.2 Å². The highest BCUT2D eigenvalue weighted by Crippen LogP contribution is 2.34. The molecule has 4 N–H and O–H groups in total. The first-order chi connectivity index (χ1) is 11.5. The lowest BCUT2D eigenvalue weighted by atomic mass is 10.2. The van der Waals surface area contributed by atoms with E-state index in [9.17, 15) is 26.4 Å². The van der Waals surface area contributed by atoms with Crippen molar-refractivity contribution in [3.8, 4) is 0 Å². The number of benzene rings is 2. The first-order valence-electron chi connectivity index (χ1n) is 6.55. The molecule has 2 aromatic rings. The van der Waals surface area contributed by atoms with E-state index in [2.05, 4.69) is 10.0 Å². The van der Waals surface area contributed by atoms with Crippen LogP contribution in [0.1, 0.15) is 5.56 Å². The molecule has 0 atom stereocenters. The van der Waals surface area contributed by atoms with Gasteiger partial charge in [-0.15, -0.1) is 0 Å². The van der Waals surface area contributed by atoms with Gasteiger partial charge in [0.25, 0.3) is 10.0 Å². The van der Waals surface area contributed by atoms with Crippen LogP contribution < -0.4 is 15.8 Å². The Kier molecular flexibility index (Phi) is 5.14. The first-order valence-corrected chi connectivity index (χ1v) is 8.41. The number of rotatable bonds is 4. The molecular weight excluding hydrogens is 383 g/mol. The Morgan fingerprint density at radius 3 is 2.32 bits per heavy atom. The van der Waals surface area contributed by atoms with Crippen LogP contribution in [0, 0.1) is 0 Å². The minimum Gasteiger partial charge on any atom is -0.351 e. The normalized spacial score (nSPS) is 11.8. The third kappa shape index (κ3) is 4.77. The zero-order valence-corrected chi connectivity index (χ0v) is 13.8. The molecule has 0 aliphatic heterocycles. The fourth-order valence-electron chi connectivity index (χ4n) is 1.90. The summed E-state index contributed by atoms with van der Waals surface area (Å²) in [5, 5.41) is 1.87. The number of amides is 2. The molecule has 0 unspecified atom stereocenters. The van der Waals surface area contributed by atoms with E-state index in [0.717, 1.165) is 6.07 Å². The molecule has 0 heterocycles. The molecule has 0 fully saturated rings. The minimum atomic E-state index is -4.72. The maximum Gasteiger partial charge on any atom is 0.416 e. The molecule has 2 aromatic carbocycles. The predicted octanol–water partition coefficient (Wildman–Crippen LogP) is 3.65. The summed E-state index contributed by atoms with van der Waals surface area (Å²) in [6.45, 7) is 0. The molecule has 0 aliphatic rings. The number of sulfonamides is 1. The largest absolute Gasteiger partial charge is 0.416 e. The van der Waals surface area contributed by atoms with Crippen molar-refractivity contribution in [3.63, 3.8) is 0 Å². The van der Waals surface area contributed by atoms with Crippen LogP contribution in [-0.2, 0) is 16.2 Å². The number of hydrogen-bond donors (Lipinski definition) is 3. The SMILES string of the molecule is NC(=O)Nc1cccc(NS(=O)(=O)c2cc(C(F)(F)F)ccc2Cl)c1. The standard InChI is InChI=1S/C14H11ClF3N3O3S/c15-11-5-4-8(14(16,17)18)6-12(11)25(23,24)21-10-3-1-2-9(7-10)20-13(19)22/h1-7,21H,(H3,19,20,22). The Labute approximate surface area is 145 Å². The molecule has 2 amide bonds. The molecule has 0 radical (unpaired) electrons. The maximum absolute atomic E-state index is 12.8. The van der Waals surface area contributed by atoms with Crippen molar-refractivity contribution in [2.45, 2.75) is 11.1 Å². The van der Waals surface area contributed by atoms with Gasteiger partial charge >= 0.3 is 12.2 Å². The second kappa shape index (κ2) is 6.81. The van der Waals surface area contributed by atoms with Crippen molar-refractivity contribution in [1.29, 1.82) is 0 Å². The van der Waals surface area contributed by atoms with Crippen LogP contribution in [-0.4, -0.2) is 14.4 Å². The Balaban J connectivity index is 2.38. The van der Waals surface area contributed by atoms with Crippen molar-refractivity contribution < 1.29 is 26.4 Å². The van der Waals surface area contributed by atoms with E-state index in [0.29, 0.717) is 12.1 Å². The van der Waals surface area contributed by atoms with Crippen LogP contribution >= 0.6 is 11.6 Å². The van der Waals surface area contributed by atoms with E-state index in [-0.39, 0.29) is 16.4 Å². The van der Waals surface area contributed by atoms with Crippen molar-refractivity contribution in [1.82, 2.24) is 0 Å². The van der Waals surface area contributed by atoms with E-state index in [1.807, 2.05) is 0 Å². The molecule has 0 saturated carbocycles. The van der Waals surface area contributed by atoms with Gasteiger partial charge in [0.15, 0.2) is 0 Å². The summed E-state index contributed by atoms with van der Waals surface area (Å²) in [6, 6.07) is 6.55. The van der Waals surface area contributed by atoms with E-state index in [1.165, 1.54) is 24.3 Å². The van der Waals surface area contributed by atoms with Gasteiger partial charge in [0.2, 0.25) is 0 Å².